The molecule has 0 saturated carbocycles. The molecule has 0 atom stereocenters. The van der Waals surface area contributed by atoms with Crippen LogP contribution >= 0.6 is 0 Å². The summed E-state index contributed by atoms with van der Waals surface area (Å²) in [5.74, 6) is 0. The van der Waals surface area contributed by atoms with Crippen LogP contribution in [0.5, 0.6) is 0 Å². The number of rotatable bonds is 0. The third-order valence-electron chi connectivity index (χ3n) is 0. The minimum absolute atomic E-state index is 0. The summed E-state index contributed by atoms with van der Waals surface area (Å²) in [5.41, 5.74) is 0. The first-order valence-electron chi connectivity index (χ1n) is 0. The zero-order valence-electron chi connectivity index (χ0n) is 2.34. The van der Waals surface area contributed by atoms with E-state index in [2.05, 4.69) is 0 Å². The molecule has 0 unspecified atom stereocenters. The maximum absolute atomic E-state index is 0. The van der Waals surface area contributed by atoms with Crippen molar-refractivity contribution in [2.45, 2.75) is 0 Å². The van der Waals surface area contributed by atoms with Crippen LogP contribution in [0.25, 0.3) is 0 Å². The van der Waals surface area contributed by atoms with Crippen molar-refractivity contribution in [2.75, 3.05) is 0 Å². The Morgan fingerprint density at radius 2 is 0.667 bits per heavy atom. The first-order chi connectivity index (χ1) is 0. The standard InChI is InChI=1S/3O.Re.Rh.W/q3*-2;;;. The van der Waals surface area contributed by atoms with E-state index in [9.17, 15) is 0 Å². The molecule has 0 amide bonds. The molecular formula is O3ReRhW-6. The maximum atomic E-state index is 0. The molecule has 0 spiro atoms. The maximum Gasteiger partial charge on any atom is 0 e. The second-order valence-electron chi connectivity index (χ2n) is 0. The molecule has 0 aliphatic heterocycles. The molecule has 0 aromatic heterocycles. The van der Waals surface area contributed by atoms with Gasteiger partial charge < -0.3 is 16.4 Å². The van der Waals surface area contributed by atoms with Gasteiger partial charge >= 0.3 is 0 Å². The molecule has 0 saturated heterocycles. The van der Waals surface area contributed by atoms with Gasteiger partial charge in [-0.1, -0.05) is 0 Å². The molecule has 0 aliphatic rings. The van der Waals surface area contributed by atoms with E-state index in [1.165, 1.54) is 0 Å². The van der Waals surface area contributed by atoms with Crippen molar-refractivity contribution in [3.8, 4) is 0 Å². The molecule has 0 heterocycles. The average molecular weight is 521 g/mol. The van der Waals surface area contributed by atoms with E-state index in [1.807, 2.05) is 0 Å². The Labute approximate surface area is 76.9 Å². The Morgan fingerprint density at radius 3 is 0.667 bits per heavy atom. The van der Waals surface area contributed by atoms with E-state index in [4.69, 9.17) is 0 Å². The van der Waals surface area contributed by atoms with Crippen molar-refractivity contribution in [1.29, 1.82) is 0 Å². The predicted molar refractivity (Wildman–Crippen MR) is 2.06 cm³/mol. The van der Waals surface area contributed by atoms with Crippen LogP contribution in [-0.4, -0.2) is 0 Å². The summed E-state index contributed by atoms with van der Waals surface area (Å²) in [4.78, 5) is 0. The molecular weight excluding hydrogens is 521 g/mol. The van der Waals surface area contributed by atoms with E-state index in [0.717, 1.165) is 0 Å². The van der Waals surface area contributed by atoms with Crippen LogP contribution in [0.2, 0.25) is 0 Å². The van der Waals surface area contributed by atoms with Crippen molar-refractivity contribution in [3.05, 3.63) is 0 Å². The monoisotopic (exact) mass is 522 g/mol. The van der Waals surface area contributed by atoms with Crippen LogP contribution in [0.1, 0.15) is 0 Å². The predicted octanol–water partition coefficient (Wildman–Crippen LogP) is -0.364. The van der Waals surface area contributed by atoms with Crippen molar-refractivity contribution >= 4 is 0 Å². The molecule has 0 aliphatic carbocycles. The summed E-state index contributed by atoms with van der Waals surface area (Å²) < 4.78 is 0. The first-order valence-corrected chi connectivity index (χ1v) is 0. The Kier molecular flexibility index (Phi) is 1220. The summed E-state index contributed by atoms with van der Waals surface area (Å²) in [7, 11) is 0. The van der Waals surface area contributed by atoms with E-state index in [-0.39, 0.29) is 77.4 Å². The molecule has 0 rings (SSSR count). The minimum Gasteiger partial charge on any atom is -2.00 e. The molecule has 0 bridgehead atoms. The van der Waals surface area contributed by atoms with E-state index in [1.54, 1.807) is 0 Å². The summed E-state index contributed by atoms with van der Waals surface area (Å²) in [6.07, 6.45) is 0. The fourth-order valence-electron chi connectivity index (χ4n) is 0. The first kappa shape index (κ1) is 107. The molecule has 0 aromatic carbocycles. The smallest absolute Gasteiger partial charge is 0 e. The summed E-state index contributed by atoms with van der Waals surface area (Å²) in [6.45, 7) is 0. The second kappa shape index (κ2) is 68.3. The van der Waals surface area contributed by atoms with Gasteiger partial charge in [-0.25, -0.2) is 0 Å². The van der Waals surface area contributed by atoms with Crippen LogP contribution in [0, 0.1) is 0 Å². The van der Waals surface area contributed by atoms with Crippen molar-refractivity contribution in [1.82, 2.24) is 0 Å². The van der Waals surface area contributed by atoms with Gasteiger partial charge in [-0.15, -0.1) is 0 Å². The Hall–Kier alpha value is 1.85. The van der Waals surface area contributed by atoms with E-state index < -0.39 is 0 Å². The van der Waals surface area contributed by atoms with Crippen LogP contribution in [0.3, 0.4) is 0 Å². The van der Waals surface area contributed by atoms with Crippen LogP contribution < -0.4 is 0 Å². The molecule has 6 heteroatoms. The average Bonchev–Trinajstić information content (AvgIpc) is 0. The molecule has 6 heavy (non-hydrogen) atoms. The van der Waals surface area contributed by atoms with Gasteiger partial charge in [0.2, 0.25) is 0 Å². The van der Waals surface area contributed by atoms with Crippen molar-refractivity contribution in [2.24, 2.45) is 0 Å². The minimum atomic E-state index is 0. The van der Waals surface area contributed by atoms with Gasteiger partial charge in [-0.2, -0.15) is 0 Å². The fraction of sp³-hybridized carbons (Fsp3) is 0. The Morgan fingerprint density at radius 1 is 0.667 bits per heavy atom. The number of hydrogen-bond donors (Lipinski definition) is 0. The molecule has 3 nitrogen and oxygen atoms in total. The largest absolute Gasteiger partial charge is 2.00 e. The van der Waals surface area contributed by atoms with E-state index in [0.29, 0.717) is 0 Å². The zero-order chi connectivity index (χ0) is 0. The van der Waals surface area contributed by atoms with Gasteiger partial charge in [-0.05, 0) is 0 Å². The Bertz CT molecular complexity index is 10.8. The Balaban J connectivity index is 0. The van der Waals surface area contributed by atoms with Crippen molar-refractivity contribution < 1.29 is 77.4 Å². The molecule has 0 aromatic rings. The molecule has 0 fully saturated rings. The van der Waals surface area contributed by atoms with Crippen LogP contribution in [0.15, 0.2) is 0 Å². The SMILES string of the molecule is [O-2].[O-2].[O-2].[Re].[Rh].[W]. The summed E-state index contributed by atoms with van der Waals surface area (Å²) in [5, 5.41) is 0. The molecule has 46 valence electrons. The van der Waals surface area contributed by atoms with Crippen LogP contribution in [0.4, 0.5) is 0 Å². The van der Waals surface area contributed by atoms with Gasteiger partial charge in [0.15, 0.2) is 0 Å². The summed E-state index contributed by atoms with van der Waals surface area (Å²) >= 11 is 0. The van der Waals surface area contributed by atoms with E-state index >= 15 is 0 Å². The van der Waals surface area contributed by atoms with Gasteiger partial charge in [0, 0.05) is 61.0 Å². The topological polar surface area (TPSA) is 85.5 Å². The van der Waals surface area contributed by atoms with Crippen molar-refractivity contribution in [3.63, 3.8) is 0 Å². The van der Waals surface area contributed by atoms with Gasteiger partial charge in [0.1, 0.15) is 0 Å². The number of hydrogen-bond acceptors (Lipinski definition) is 0. The summed E-state index contributed by atoms with van der Waals surface area (Å²) in [6, 6.07) is 0. The quantitative estimate of drug-likeness (QED) is 0.391. The van der Waals surface area contributed by atoms with Gasteiger partial charge in [-0.3, -0.25) is 0 Å². The fourth-order valence-corrected chi connectivity index (χ4v) is 0. The van der Waals surface area contributed by atoms with Crippen LogP contribution in [-0.2, 0) is 77.4 Å². The van der Waals surface area contributed by atoms with Gasteiger partial charge in [0.05, 0.1) is 0 Å². The molecule has 0 N–H and O–H groups in total. The third kappa shape index (κ3) is 40.1. The zero-order valence-corrected chi connectivity index (χ0v) is 9.63. The molecule has 2 radical (unpaired) electrons. The normalized spacial score (nSPS) is 0. The third-order valence-corrected chi connectivity index (χ3v) is 0. The second-order valence-corrected chi connectivity index (χ2v) is 0. The van der Waals surface area contributed by atoms with Gasteiger partial charge in [0.25, 0.3) is 0 Å².